The number of rotatable bonds is 3. The minimum atomic E-state index is 0.0124. The lowest BCUT2D eigenvalue weighted by molar-refractivity contribution is 0.0915. The molecule has 0 aliphatic heterocycles. The van der Waals surface area contributed by atoms with E-state index in [1.54, 1.807) is 18.5 Å². The molecule has 2 aliphatic rings. The molecule has 0 aromatic carbocycles. The minimum Gasteiger partial charge on any atom is -0.349 e. The summed E-state index contributed by atoms with van der Waals surface area (Å²) in [7, 11) is 0. The number of hydrogen-bond donors (Lipinski definition) is 1. The molecule has 1 amide bonds. The van der Waals surface area contributed by atoms with Crippen LogP contribution in [0.15, 0.2) is 24.5 Å². The summed E-state index contributed by atoms with van der Waals surface area (Å²) in [6, 6.07) is 3.90. The molecule has 0 spiro atoms. The number of fused-ring (bicyclic) bond motifs is 2. The van der Waals surface area contributed by atoms with E-state index in [0.717, 1.165) is 11.8 Å². The molecule has 3 rings (SSSR count). The van der Waals surface area contributed by atoms with E-state index in [0.29, 0.717) is 11.5 Å². The summed E-state index contributed by atoms with van der Waals surface area (Å²) in [5.41, 5.74) is 0.660. The number of hydrogen-bond acceptors (Lipinski definition) is 2. The number of carbonyl (C=O) groups excluding carboxylic acids is 1. The van der Waals surface area contributed by atoms with Crippen LogP contribution in [0.25, 0.3) is 0 Å². The van der Waals surface area contributed by atoms with Crippen LogP contribution in [0.5, 0.6) is 0 Å². The summed E-state index contributed by atoms with van der Waals surface area (Å²) >= 11 is 0. The molecule has 18 heavy (non-hydrogen) atoms. The zero-order chi connectivity index (χ0) is 12.5. The van der Waals surface area contributed by atoms with Crippen molar-refractivity contribution in [2.75, 3.05) is 0 Å². The van der Waals surface area contributed by atoms with E-state index >= 15 is 0 Å². The van der Waals surface area contributed by atoms with Gasteiger partial charge in [-0.25, -0.2) is 0 Å². The van der Waals surface area contributed by atoms with E-state index < -0.39 is 0 Å². The Kier molecular flexibility index (Phi) is 3.06. The Labute approximate surface area is 108 Å². The van der Waals surface area contributed by atoms with Crippen LogP contribution in [0, 0.1) is 17.8 Å². The zero-order valence-electron chi connectivity index (χ0n) is 10.8. The van der Waals surface area contributed by atoms with E-state index in [4.69, 9.17) is 0 Å². The highest BCUT2D eigenvalue weighted by Gasteiger charge is 2.42. The number of nitrogens with zero attached hydrogens (tertiary/aromatic N) is 1. The second-order valence-electron chi connectivity index (χ2n) is 5.84. The van der Waals surface area contributed by atoms with Gasteiger partial charge in [0.25, 0.3) is 5.91 Å². The minimum absolute atomic E-state index is 0.0124. The van der Waals surface area contributed by atoms with Crippen LogP contribution in [0.2, 0.25) is 0 Å². The molecule has 2 aliphatic carbocycles. The third-order valence-electron chi connectivity index (χ3n) is 4.72. The van der Waals surface area contributed by atoms with Gasteiger partial charge in [-0.2, -0.15) is 0 Å². The molecule has 0 saturated heterocycles. The van der Waals surface area contributed by atoms with Crippen molar-refractivity contribution in [3.8, 4) is 0 Å². The Morgan fingerprint density at radius 1 is 1.44 bits per heavy atom. The van der Waals surface area contributed by atoms with Crippen LogP contribution < -0.4 is 5.32 Å². The molecule has 96 valence electrons. The molecule has 3 nitrogen and oxygen atoms in total. The Hall–Kier alpha value is -1.38. The molecular formula is C15H20N2O. The van der Waals surface area contributed by atoms with E-state index in [-0.39, 0.29) is 11.9 Å². The normalized spacial score (nSPS) is 31.3. The zero-order valence-corrected chi connectivity index (χ0v) is 10.8. The molecule has 2 bridgehead atoms. The Morgan fingerprint density at radius 2 is 2.33 bits per heavy atom. The summed E-state index contributed by atoms with van der Waals surface area (Å²) < 4.78 is 0. The third kappa shape index (κ3) is 2.14. The van der Waals surface area contributed by atoms with Crippen molar-refractivity contribution in [2.24, 2.45) is 17.8 Å². The topological polar surface area (TPSA) is 42.0 Å². The molecule has 0 unspecified atom stereocenters. The van der Waals surface area contributed by atoms with Crippen LogP contribution >= 0.6 is 0 Å². The molecule has 3 heteroatoms. The maximum Gasteiger partial charge on any atom is 0.253 e. The fourth-order valence-corrected chi connectivity index (χ4v) is 3.80. The van der Waals surface area contributed by atoms with Gasteiger partial charge in [0.1, 0.15) is 0 Å². The Morgan fingerprint density at radius 3 is 2.94 bits per heavy atom. The summed E-state index contributed by atoms with van der Waals surface area (Å²) in [5.74, 6) is 2.47. The lowest BCUT2D eigenvalue weighted by atomic mass is 9.84. The fourth-order valence-electron chi connectivity index (χ4n) is 3.80. The first-order valence-electron chi connectivity index (χ1n) is 6.95. The second kappa shape index (κ2) is 4.71. The highest BCUT2D eigenvalue weighted by atomic mass is 16.1. The summed E-state index contributed by atoms with van der Waals surface area (Å²) in [5, 5.41) is 3.14. The molecule has 1 aromatic rings. The first-order valence-corrected chi connectivity index (χ1v) is 6.95. The lowest BCUT2D eigenvalue weighted by Crippen LogP contribution is -2.40. The van der Waals surface area contributed by atoms with E-state index in [1.807, 2.05) is 6.07 Å². The van der Waals surface area contributed by atoms with Crippen LogP contribution in [0.4, 0.5) is 0 Å². The lowest BCUT2D eigenvalue weighted by Gasteiger charge is -2.28. The van der Waals surface area contributed by atoms with Gasteiger partial charge in [-0.3, -0.25) is 9.78 Å². The number of carbonyl (C=O) groups is 1. The smallest absolute Gasteiger partial charge is 0.253 e. The third-order valence-corrected chi connectivity index (χ3v) is 4.72. The maximum atomic E-state index is 12.1. The summed E-state index contributed by atoms with van der Waals surface area (Å²) in [6.07, 6.45) is 8.78. The van der Waals surface area contributed by atoms with E-state index in [9.17, 15) is 4.79 Å². The predicted molar refractivity (Wildman–Crippen MR) is 70.1 cm³/mol. The number of nitrogens with one attached hydrogen (secondary N) is 1. The molecule has 1 heterocycles. The SMILES string of the molecule is C[C@@H](NC(=O)c1cccnc1)[C@@H]1C[C@H]2CC[C@H]1C2. The van der Waals surface area contributed by atoms with Gasteiger partial charge >= 0.3 is 0 Å². The van der Waals surface area contributed by atoms with Gasteiger partial charge in [0, 0.05) is 18.4 Å². The quantitative estimate of drug-likeness (QED) is 0.888. The standard InChI is InChI=1S/C15H20N2O/c1-10(14-8-11-4-5-12(14)7-11)17-15(18)13-3-2-6-16-9-13/h2-3,6,9-12,14H,4-5,7-8H2,1H3,(H,17,18)/t10-,11+,12+,14+/m1/s1. The average molecular weight is 244 g/mol. The van der Waals surface area contributed by atoms with Gasteiger partial charge in [-0.15, -0.1) is 0 Å². The van der Waals surface area contributed by atoms with Crippen LogP contribution in [-0.2, 0) is 0 Å². The second-order valence-corrected chi connectivity index (χ2v) is 5.84. The van der Waals surface area contributed by atoms with Gasteiger partial charge in [-0.1, -0.05) is 6.42 Å². The Balaban J connectivity index is 1.61. The monoisotopic (exact) mass is 244 g/mol. The van der Waals surface area contributed by atoms with Gasteiger partial charge in [0.2, 0.25) is 0 Å². The van der Waals surface area contributed by atoms with Crippen LogP contribution in [0.1, 0.15) is 43.0 Å². The summed E-state index contributed by atoms with van der Waals surface area (Å²) in [4.78, 5) is 16.1. The van der Waals surface area contributed by atoms with E-state index in [2.05, 4.69) is 17.2 Å². The molecule has 2 fully saturated rings. The van der Waals surface area contributed by atoms with Crippen LogP contribution in [-0.4, -0.2) is 16.9 Å². The average Bonchev–Trinajstić information content (AvgIpc) is 3.02. The van der Waals surface area contributed by atoms with Crippen LogP contribution in [0.3, 0.4) is 0 Å². The summed E-state index contributed by atoms with van der Waals surface area (Å²) in [6.45, 7) is 2.15. The molecule has 4 atom stereocenters. The highest BCUT2D eigenvalue weighted by Crippen LogP contribution is 2.49. The van der Waals surface area contributed by atoms with Crippen molar-refractivity contribution in [1.82, 2.24) is 10.3 Å². The van der Waals surface area contributed by atoms with Gasteiger partial charge in [0.05, 0.1) is 5.56 Å². The first-order chi connectivity index (χ1) is 8.74. The highest BCUT2D eigenvalue weighted by molar-refractivity contribution is 5.93. The van der Waals surface area contributed by atoms with Crippen molar-refractivity contribution >= 4 is 5.91 Å². The number of pyridine rings is 1. The fraction of sp³-hybridized carbons (Fsp3) is 0.600. The number of aromatic nitrogens is 1. The van der Waals surface area contributed by atoms with Gasteiger partial charge in [0.15, 0.2) is 0 Å². The first kappa shape index (κ1) is 11.7. The molecule has 2 saturated carbocycles. The molecule has 1 N–H and O–H groups in total. The maximum absolute atomic E-state index is 12.1. The van der Waals surface area contributed by atoms with Crippen molar-refractivity contribution < 1.29 is 4.79 Å². The molecule has 0 radical (unpaired) electrons. The van der Waals surface area contributed by atoms with Crippen molar-refractivity contribution in [2.45, 2.75) is 38.6 Å². The number of amides is 1. The van der Waals surface area contributed by atoms with Crippen molar-refractivity contribution in [3.05, 3.63) is 30.1 Å². The van der Waals surface area contributed by atoms with Crippen molar-refractivity contribution in [3.63, 3.8) is 0 Å². The van der Waals surface area contributed by atoms with Crippen molar-refractivity contribution in [1.29, 1.82) is 0 Å². The van der Waals surface area contributed by atoms with E-state index in [1.165, 1.54) is 25.7 Å². The largest absolute Gasteiger partial charge is 0.349 e. The Bertz CT molecular complexity index is 431. The molecule has 1 aromatic heterocycles. The molecular weight excluding hydrogens is 224 g/mol. The van der Waals surface area contributed by atoms with Gasteiger partial charge < -0.3 is 5.32 Å². The predicted octanol–water partition coefficient (Wildman–Crippen LogP) is 2.64. The van der Waals surface area contributed by atoms with Gasteiger partial charge in [-0.05, 0) is 56.1 Å².